The number of nitrogens with zero attached hydrogens (tertiary/aromatic N) is 1. The van der Waals surface area contributed by atoms with Crippen LogP contribution in [-0.2, 0) is 4.79 Å². The van der Waals surface area contributed by atoms with E-state index in [-0.39, 0.29) is 30.7 Å². The van der Waals surface area contributed by atoms with Gasteiger partial charge < -0.3 is 16.0 Å². The Balaban J connectivity index is 0. The molecule has 1 aliphatic rings. The quantitative estimate of drug-likeness (QED) is 0.777. The zero-order chi connectivity index (χ0) is 12.0. The lowest BCUT2D eigenvalue weighted by molar-refractivity contribution is -0.121. The highest BCUT2D eigenvalue weighted by Crippen LogP contribution is 2.16. The number of carbonyl (C=O) groups is 1. The van der Waals surface area contributed by atoms with E-state index >= 15 is 0 Å². The fourth-order valence-corrected chi connectivity index (χ4v) is 2.24. The van der Waals surface area contributed by atoms with Crippen LogP contribution in [0.25, 0.3) is 0 Å². The first-order chi connectivity index (χ1) is 7.61. The molecule has 6 heteroatoms. The van der Waals surface area contributed by atoms with Crippen LogP contribution in [0.2, 0.25) is 0 Å². The van der Waals surface area contributed by atoms with Gasteiger partial charge in [-0.1, -0.05) is 13.8 Å². The normalized spacial score (nSPS) is 19.2. The van der Waals surface area contributed by atoms with E-state index in [0.717, 1.165) is 19.0 Å². The molecule has 18 heavy (non-hydrogen) atoms. The van der Waals surface area contributed by atoms with Crippen molar-refractivity contribution in [1.82, 2.24) is 10.2 Å². The Labute approximate surface area is 123 Å². The SMILES string of the molecule is CC(C)CN1CCC(CNC(=O)CCN)C1.Cl.Cl. The van der Waals surface area contributed by atoms with Gasteiger partial charge in [-0.3, -0.25) is 4.79 Å². The Morgan fingerprint density at radius 1 is 1.44 bits per heavy atom. The van der Waals surface area contributed by atoms with Gasteiger partial charge in [-0.25, -0.2) is 0 Å². The minimum absolute atomic E-state index is 0. The van der Waals surface area contributed by atoms with Crippen LogP contribution in [0.15, 0.2) is 0 Å². The van der Waals surface area contributed by atoms with E-state index in [9.17, 15) is 4.79 Å². The lowest BCUT2D eigenvalue weighted by Gasteiger charge is -2.18. The molecule has 1 rings (SSSR count). The van der Waals surface area contributed by atoms with Gasteiger partial charge in [-0.15, -0.1) is 24.8 Å². The monoisotopic (exact) mass is 299 g/mol. The molecule has 0 aromatic rings. The molecular formula is C12H27Cl2N3O. The first-order valence-electron chi connectivity index (χ1n) is 6.31. The van der Waals surface area contributed by atoms with Crippen molar-refractivity contribution in [2.24, 2.45) is 17.6 Å². The summed E-state index contributed by atoms with van der Waals surface area (Å²) < 4.78 is 0. The standard InChI is InChI=1S/C12H25N3O.2ClH/c1-10(2)8-15-6-4-11(9-15)7-14-12(16)3-5-13;;/h10-11H,3-9,13H2,1-2H3,(H,14,16);2*1H. The molecule has 0 radical (unpaired) electrons. The minimum atomic E-state index is 0. The second-order valence-electron chi connectivity index (χ2n) is 5.15. The first-order valence-corrected chi connectivity index (χ1v) is 6.31. The van der Waals surface area contributed by atoms with E-state index in [2.05, 4.69) is 24.1 Å². The van der Waals surface area contributed by atoms with Gasteiger partial charge in [0.2, 0.25) is 5.91 Å². The Morgan fingerprint density at radius 2 is 2.11 bits per heavy atom. The van der Waals surface area contributed by atoms with Gasteiger partial charge in [0, 0.05) is 32.6 Å². The van der Waals surface area contributed by atoms with Gasteiger partial charge >= 0.3 is 0 Å². The van der Waals surface area contributed by atoms with Gasteiger partial charge in [-0.2, -0.15) is 0 Å². The molecule has 1 amide bonds. The van der Waals surface area contributed by atoms with E-state index < -0.39 is 0 Å². The number of likely N-dealkylation sites (tertiary alicyclic amines) is 1. The van der Waals surface area contributed by atoms with Gasteiger partial charge in [0.25, 0.3) is 0 Å². The average Bonchev–Trinajstić information content (AvgIpc) is 2.62. The van der Waals surface area contributed by atoms with E-state index in [4.69, 9.17) is 5.73 Å². The van der Waals surface area contributed by atoms with Crippen LogP contribution in [0.1, 0.15) is 26.7 Å². The Hall–Kier alpha value is -0.0300. The lowest BCUT2D eigenvalue weighted by atomic mass is 10.1. The molecule has 1 fully saturated rings. The van der Waals surface area contributed by atoms with Crippen LogP contribution in [0.3, 0.4) is 0 Å². The molecule has 1 unspecified atom stereocenters. The van der Waals surface area contributed by atoms with Crippen molar-refractivity contribution >= 4 is 30.7 Å². The topological polar surface area (TPSA) is 58.4 Å². The van der Waals surface area contributed by atoms with Crippen molar-refractivity contribution in [3.8, 4) is 0 Å². The van der Waals surface area contributed by atoms with Crippen LogP contribution < -0.4 is 11.1 Å². The maximum absolute atomic E-state index is 11.3. The molecule has 1 saturated heterocycles. The highest BCUT2D eigenvalue weighted by Gasteiger charge is 2.22. The molecule has 0 spiro atoms. The summed E-state index contributed by atoms with van der Waals surface area (Å²) in [7, 11) is 0. The van der Waals surface area contributed by atoms with Crippen LogP contribution in [-0.4, -0.2) is 43.5 Å². The predicted molar refractivity (Wildman–Crippen MR) is 80.6 cm³/mol. The zero-order valence-electron chi connectivity index (χ0n) is 11.4. The van der Waals surface area contributed by atoms with Gasteiger partial charge in [0.1, 0.15) is 0 Å². The molecule has 1 heterocycles. The van der Waals surface area contributed by atoms with E-state index in [0.29, 0.717) is 18.9 Å². The fraction of sp³-hybridized carbons (Fsp3) is 0.917. The van der Waals surface area contributed by atoms with Crippen LogP contribution >= 0.6 is 24.8 Å². The smallest absolute Gasteiger partial charge is 0.221 e. The summed E-state index contributed by atoms with van der Waals surface area (Å²) in [5, 5.41) is 2.95. The summed E-state index contributed by atoms with van der Waals surface area (Å²) in [6.45, 7) is 9.22. The summed E-state index contributed by atoms with van der Waals surface area (Å²) in [5.74, 6) is 1.44. The largest absolute Gasteiger partial charge is 0.356 e. The van der Waals surface area contributed by atoms with Crippen molar-refractivity contribution in [1.29, 1.82) is 0 Å². The number of carbonyl (C=O) groups excluding carboxylic acids is 1. The first kappa shape index (κ1) is 20.3. The van der Waals surface area contributed by atoms with Crippen molar-refractivity contribution in [2.75, 3.05) is 32.7 Å². The maximum Gasteiger partial charge on any atom is 0.221 e. The summed E-state index contributed by atoms with van der Waals surface area (Å²) >= 11 is 0. The third-order valence-electron chi connectivity index (χ3n) is 2.95. The number of hydrogen-bond acceptors (Lipinski definition) is 3. The summed E-state index contributed by atoms with van der Waals surface area (Å²) in [6.07, 6.45) is 1.65. The van der Waals surface area contributed by atoms with Crippen molar-refractivity contribution in [3.05, 3.63) is 0 Å². The predicted octanol–water partition coefficient (Wildman–Crippen LogP) is 1.27. The molecule has 4 nitrogen and oxygen atoms in total. The minimum Gasteiger partial charge on any atom is -0.356 e. The number of hydrogen-bond donors (Lipinski definition) is 2. The van der Waals surface area contributed by atoms with E-state index in [1.165, 1.54) is 19.5 Å². The molecule has 110 valence electrons. The zero-order valence-corrected chi connectivity index (χ0v) is 13.0. The third kappa shape index (κ3) is 8.14. The highest BCUT2D eigenvalue weighted by molar-refractivity contribution is 5.85. The second-order valence-corrected chi connectivity index (χ2v) is 5.15. The summed E-state index contributed by atoms with van der Waals surface area (Å²) in [5.41, 5.74) is 5.32. The van der Waals surface area contributed by atoms with Gasteiger partial charge in [0.15, 0.2) is 0 Å². The highest BCUT2D eigenvalue weighted by atomic mass is 35.5. The number of amides is 1. The van der Waals surface area contributed by atoms with Crippen LogP contribution in [0.5, 0.6) is 0 Å². The second kappa shape index (κ2) is 10.9. The molecule has 3 N–H and O–H groups in total. The third-order valence-corrected chi connectivity index (χ3v) is 2.95. The average molecular weight is 300 g/mol. The fourth-order valence-electron chi connectivity index (χ4n) is 2.24. The number of nitrogens with two attached hydrogens (primary N) is 1. The lowest BCUT2D eigenvalue weighted by Crippen LogP contribution is -2.32. The maximum atomic E-state index is 11.3. The summed E-state index contributed by atoms with van der Waals surface area (Å²) in [6, 6.07) is 0. The van der Waals surface area contributed by atoms with Crippen molar-refractivity contribution in [3.63, 3.8) is 0 Å². The number of rotatable bonds is 6. The molecule has 0 bridgehead atoms. The number of nitrogens with one attached hydrogen (secondary N) is 1. The molecule has 1 aliphatic heterocycles. The molecular weight excluding hydrogens is 273 g/mol. The van der Waals surface area contributed by atoms with Gasteiger partial charge in [0.05, 0.1) is 0 Å². The van der Waals surface area contributed by atoms with E-state index in [1.807, 2.05) is 0 Å². The molecule has 0 aromatic heterocycles. The molecule has 0 aliphatic carbocycles. The number of halogens is 2. The Kier molecular flexibility index (Phi) is 12.2. The Morgan fingerprint density at radius 3 is 2.67 bits per heavy atom. The summed E-state index contributed by atoms with van der Waals surface area (Å²) in [4.78, 5) is 13.7. The van der Waals surface area contributed by atoms with Crippen molar-refractivity contribution in [2.45, 2.75) is 26.7 Å². The van der Waals surface area contributed by atoms with Gasteiger partial charge in [-0.05, 0) is 24.8 Å². The van der Waals surface area contributed by atoms with Crippen LogP contribution in [0, 0.1) is 11.8 Å². The molecule has 0 aromatic carbocycles. The van der Waals surface area contributed by atoms with E-state index in [1.54, 1.807) is 0 Å². The molecule has 1 atom stereocenters. The van der Waals surface area contributed by atoms with Crippen LogP contribution in [0.4, 0.5) is 0 Å². The van der Waals surface area contributed by atoms with Crippen molar-refractivity contribution < 1.29 is 4.79 Å². The molecule has 0 saturated carbocycles. The Bertz CT molecular complexity index is 227.